The van der Waals surface area contributed by atoms with Gasteiger partial charge in [-0.2, -0.15) is 4.98 Å². The van der Waals surface area contributed by atoms with Gasteiger partial charge in [-0.1, -0.05) is 30.3 Å². The van der Waals surface area contributed by atoms with Gasteiger partial charge in [0.1, 0.15) is 5.82 Å². The molecule has 1 aromatic carbocycles. The lowest BCUT2D eigenvalue weighted by Gasteiger charge is -2.32. The van der Waals surface area contributed by atoms with Gasteiger partial charge in [0.25, 0.3) is 0 Å². The van der Waals surface area contributed by atoms with Crippen LogP contribution in [0.3, 0.4) is 0 Å². The molecule has 0 spiro atoms. The van der Waals surface area contributed by atoms with Crippen molar-refractivity contribution in [3.63, 3.8) is 0 Å². The normalized spacial score (nSPS) is 16.0. The van der Waals surface area contributed by atoms with Crippen LogP contribution in [0.1, 0.15) is 44.1 Å². The number of aryl methyl sites for hydroxylation is 1. The van der Waals surface area contributed by atoms with Gasteiger partial charge >= 0.3 is 6.03 Å². The van der Waals surface area contributed by atoms with E-state index in [1.807, 2.05) is 26.8 Å². The minimum Gasteiger partial charge on any atom is -0.335 e. The van der Waals surface area contributed by atoms with Gasteiger partial charge < -0.3 is 5.32 Å². The van der Waals surface area contributed by atoms with Crippen LogP contribution in [0, 0.1) is 6.92 Å². The molecule has 0 saturated carbocycles. The van der Waals surface area contributed by atoms with Gasteiger partial charge in [0.2, 0.25) is 5.95 Å². The summed E-state index contributed by atoms with van der Waals surface area (Å²) in [6.45, 7) is 8.90. The average molecular weight is 356 g/mol. The van der Waals surface area contributed by atoms with Gasteiger partial charge in [0.15, 0.2) is 0 Å². The zero-order valence-electron chi connectivity index (χ0n) is 15.8. The Labute approximate surface area is 154 Å². The molecule has 1 aromatic heterocycles. The van der Waals surface area contributed by atoms with Gasteiger partial charge in [0, 0.05) is 31.7 Å². The van der Waals surface area contributed by atoms with Crippen molar-refractivity contribution in [2.24, 2.45) is 0 Å². The number of amides is 2. The van der Waals surface area contributed by atoms with E-state index in [0.29, 0.717) is 5.95 Å². The second kappa shape index (κ2) is 8.31. The molecule has 2 aromatic rings. The van der Waals surface area contributed by atoms with E-state index in [2.05, 4.69) is 49.9 Å². The fourth-order valence-electron chi connectivity index (χ4n) is 3.34. The van der Waals surface area contributed by atoms with Crippen molar-refractivity contribution < 1.29 is 4.79 Å². The highest BCUT2D eigenvalue weighted by molar-refractivity contribution is 5.87. The van der Waals surface area contributed by atoms with Crippen molar-refractivity contribution in [3.8, 4) is 0 Å². The summed E-state index contributed by atoms with van der Waals surface area (Å²) < 4.78 is 1.80. The molecular weight excluding hydrogens is 328 g/mol. The molecular formula is C19H28N6O. The van der Waals surface area contributed by atoms with Gasteiger partial charge in [-0.15, -0.1) is 5.10 Å². The maximum Gasteiger partial charge on any atom is 0.321 e. The van der Waals surface area contributed by atoms with Gasteiger partial charge in [-0.3, -0.25) is 10.2 Å². The number of likely N-dealkylation sites (tertiary alicyclic amines) is 1. The molecule has 0 radical (unpaired) electrons. The van der Waals surface area contributed by atoms with Crippen molar-refractivity contribution in [1.82, 2.24) is 25.0 Å². The van der Waals surface area contributed by atoms with Gasteiger partial charge in [-0.25, -0.2) is 9.48 Å². The third-order valence-electron chi connectivity index (χ3n) is 4.69. The Hall–Kier alpha value is -2.41. The van der Waals surface area contributed by atoms with Crippen LogP contribution < -0.4 is 10.6 Å². The fraction of sp³-hybridized carbons (Fsp3) is 0.526. The first-order valence-electron chi connectivity index (χ1n) is 9.28. The zero-order valence-corrected chi connectivity index (χ0v) is 15.8. The first-order chi connectivity index (χ1) is 12.5. The van der Waals surface area contributed by atoms with Crippen LogP contribution in [0.5, 0.6) is 0 Å². The molecule has 26 heavy (non-hydrogen) atoms. The smallest absolute Gasteiger partial charge is 0.321 e. The minimum absolute atomic E-state index is 0.190. The van der Waals surface area contributed by atoms with E-state index in [4.69, 9.17) is 0 Å². The summed E-state index contributed by atoms with van der Waals surface area (Å²) in [5, 5.41) is 10.1. The summed E-state index contributed by atoms with van der Waals surface area (Å²) >= 11 is 0. The van der Waals surface area contributed by atoms with Crippen LogP contribution >= 0.6 is 0 Å². The molecule has 0 bridgehead atoms. The quantitative estimate of drug-likeness (QED) is 0.864. The highest BCUT2D eigenvalue weighted by Gasteiger charge is 2.21. The largest absolute Gasteiger partial charge is 0.335 e. The number of urea groups is 1. The van der Waals surface area contributed by atoms with Crippen molar-refractivity contribution in [1.29, 1.82) is 0 Å². The molecule has 0 aliphatic carbocycles. The number of rotatable bonds is 5. The number of hydrogen-bond donors (Lipinski definition) is 2. The molecule has 3 rings (SSSR count). The molecule has 7 nitrogen and oxygen atoms in total. The Kier molecular flexibility index (Phi) is 5.88. The third-order valence-corrected chi connectivity index (χ3v) is 4.69. The van der Waals surface area contributed by atoms with E-state index < -0.39 is 0 Å². The minimum atomic E-state index is -0.229. The van der Waals surface area contributed by atoms with Crippen LogP contribution in [-0.4, -0.2) is 44.8 Å². The number of carbonyl (C=O) groups is 1. The maximum atomic E-state index is 12.2. The van der Waals surface area contributed by atoms with Crippen LogP contribution in [0.15, 0.2) is 30.3 Å². The number of aromatic nitrogens is 3. The lowest BCUT2D eigenvalue weighted by atomic mass is 10.0. The molecule has 2 amide bonds. The van der Waals surface area contributed by atoms with Crippen molar-refractivity contribution in [2.75, 3.05) is 18.4 Å². The van der Waals surface area contributed by atoms with Crippen molar-refractivity contribution in [2.45, 2.75) is 52.2 Å². The van der Waals surface area contributed by atoms with Crippen molar-refractivity contribution >= 4 is 12.0 Å². The first-order valence-corrected chi connectivity index (χ1v) is 9.28. The maximum absolute atomic E-state index is 12.2. The molecule has 1 saturated heterocycles. The monoisotopic (exact) mass is 356 g/mol. The number of benzene rings is 1. The molecule has 1 fully saturated rings. The Morgan fingerprint density at radius 1 is 1.23 bits per heavy atom. The van der Waals surface area contributed by atoms with Crippen LogP contribution in [0.4, 0.5) is 10.7 Å². The summed E-state index contributed by atoms with van der Waals surface area (Å²) in [5.74, 6) is 1.15. The predicted octanol–water partition coefficient (Wildman–Crippen LogP) is 2.95. The third kappa shape index (κ3) is 4.82. The Morgan fingerprint density at radius 2 is 1.92 bits per heavy atom. The van der Waals surface area contributed by atoms with Crippen LogP contribution in [0.2, 0.25) is 0 Å². The summed E-state index contributed by atoms with van der Waals surface area (Å²) in [6.07, 6.45) is 1.90. The number of nitrogens with one attached hydrogen (secondary N) is 2. The lowest BCUT2D eigenvalue weighted by molar-refractivity contribution is 0.190. The Bertz CT molecular complexity index is 719. The number of anilines is 1. The molecule has 2 N–H and O–H groups in total. The highest BCUT2D eigenvalue weighted by Crippen LogP contribution is 2.14. The number of piperidine rings is 1. The summed E-state index contributed by atoms with van der Waals surface area (Å²) in [4.78, 5) is 18.9. The van der Waals surface area contributed by atoms with E-state index >= 15 is 0 Å². The lowest BCUT2D eigenvalue weighted by Crippen LogP contribution is -2.45. The van der Waals surface area contributed by atoms with E-state index in [1.54, 1.807) is 4.68 Å². The molecule has 0 atom stereocenters. The van der Waals surface area contributed by atoms with Crippen molar-refractivity contribution in [3.05, 3.63) is 41.7 Å². The highest BCUT2D eigenvalue weighted by atomic mass is 16.2. The Morgan fingerprint density at radius 3 is 2.54 bits per heavy atom. The van der Waals surface area contributed by atoms with E-state index in [0.717, 1.165) is 38.3 Å². The first kappa shape index (κ1) is 18.4. The second-order valence-corrected chi connectivity index (χ2v) is 7.16. The van der Waals surface area contributed by atoms with E-state index in [-0.39, 0.29) is 18.1 Å². The van der Waals surface area contributed by atoms with Gasteiger partial charge in [-0.05, 0) is 39.2 Å². The molecule has 2 heterocycles. The second-order valence-electron chi connectivity index (χ2n) is 7.16. The number of nitrogens with zero attached hydrogens (tertiary/aromatic N) is 4. The Balaban J connectivity index is 1.44. The number of hydrogen-bond acceptors (Lipinski definition) is 4. The topological polar surface area (TPSA) is 75.1 Å². The van der Waals surface area contributed by atoms with Crippen LogP contribution in [-0.2, 0) is 6.54 Å². The van der Waals surface area contributed by atoms with Gasteiger partial charge in [0.05, 0.1) is 0 Å². The molecule has 1 aliphatic heterocycles. The number of carbonyl (C=O) groups excluding carboxylic acids is 1. The molecule has 7 heteroatoms. The summed E-state index contributed by atoms with van der Waals surface area (Å²) in [6, 6.07) is 10.7. The predicted molar refractivity (Wildman–Crippen MR) is 102 cm³/mol. The summed E-state index contributed by atoms with van der Waals surface area (Å²) in [7, 11) is 0. The molecule has 140 valence electrons. The fourth-order valence-corrected chi connectivity index (χ4v) is 3.34. The van der Waals surface area contributed by atoms with E-state index in [9.17, 15) is 4.79 Å². The standard InChI is InChI=1S/C19H28N6O/c1-14(2)25-15(3)20-18(23-25)22-19(26)21-17-9-11-24(12-10-17)13-16-7-5-4-6-8-16/h4-8,14,17H,9-13H2,1-3H3,(H2,21,22,23,26). The average Bonchev–Trinajstić information content (AvgIpc) is 2.98. The van der Waals surface area contributed by atoms with E-state index in [1.165, 1.54) is 5.56 Å². The summed E-state index contributed by atoms with van der Waals surface area (Å²) in [5.41, 5.74) is 1.33. The molecule has 1 aliphatic rings. The SMILES string of the molecule is Cc1nc(NC(=O)NC2CCN(Cc3ccccc3)CC2)nn1C(C)C. The molecule has 0 unspecified atom stereocenters. The van der Waals surface area contributed by atoms with Crippen LogP contribution in [0.25, 0.3) is 0 Å². The zero-order chi connectivity index (χ0) is 18.5.